The topological polar surface area (TPSA) is 79.0 Å². The van der Waals surface area contributed by atoms with E-state index >= 15 is 0 Å². The van der Waals surface area contributed by atoms with Crippen LogP contribution in [-0.2, 0) is 9.53 Å². The molecule has 7 nitrogen and oxygen atoms in total. The van der Waals surface area contributed by atoms with Gasteiger partial charge in [-0.15, -0.1) is 12.6 Å². The summed E-state index contributed by atoms with van der Waals surface area (Å²) in [5, 5.41) is 3.20. The predicted molar refractivity (Wildman–Crippen MR) is 121 cm³/mol. The highest BCUT2D eigenvalue weighted by Crippen LogP contribution is 2.27. The molecule has 0 aliphatic carbocycles. The molecule has 0 radical (unpaired) electrons. The number of hydrogen-bond acceptors (Lipinski definition) is 5. The number of anilines is 2. The second kappa shape index (κ2) is 9.20. The van der Waals surface area contributed by atoms with Crippen molar-refractivity contribution in [3.8, 4) is 0 Å². The first-order valence-electron chi connectivity index (χ1n) is 10.1. The smallest absolute Gasteiger partial charge is 0.414 e. The third-order valence-corrected chi connectivity index (χ3v) is 5.99. The third-order valence-electron chi connectivity index (χ3n) is 5.36. The van der Waals surface area contributed by atoms with E-state index in [-0.39, 0.29) is 18.4 Å². The number of hydrogen-bond donors (Lipinski definition) is 2. The number of piperidine rings is 1. The summed E-state index contributed by atoms with van der Waals surface area (Å²) in [6.07, 6.45) is 1.53. The number of thiol groups is 1. The molecule has 2 aromatic carbocycles. The van der Waals surface area contributed by atoms with Crippen LogP contribution in [0.2, 0.25) is 5.02 Å². The van der Waals surface area contributed by atoms with E-state index < -0.39 is 12.2 Å². The summed E-state index contributed by atoms with van der Waals surface area (Å²) in [5.74, 6) is -0.211. The summed E-state index contributed by atoms with van der Waals surface area (Å²) in [7, 11) is 0. The van der Waals surface area contributed by atoms with Gasteiger partial charge in [-0.1, -0.05) is 11.6 Å². The van der Waals surface area contributed by atoms with Gasteiger partial charge in [-0.3, -0.25) is 14.5 Å². The molecular weight excluding hydrogens is 438 g/mol. The number of nitrogens with one attached hydrogen (secondary N) is 1. The van der Waals surface area contributed by atoms with Gasteiger partial charge in [-0.25, -0.2) is 4.79 Å². The highest BCUT2D eigenvalue weighted by atomic mass is 35.5. The average molecular weight is 460 g/mol. The molecule has 2 aliphatic rings. The standard InChI is InChI=1S/C22H22ClN3O4S/c23-14-4-9-19(31)18(11-14)21(28)24-12-17-13-26(22(29)30-17)16-7-5-15(6-8-16)25-10-2-1-3-20(25)27/h4-9,11,17,31H,1-3,10,12-13H2,(H,24,28)/t17-/m0/s1. The SMILES string of the molecule is O=C(NC[C@H]1CN(c2ccc(N3CCCCC3=O)cc2)C(=O)O1)c1cc(Cl)ccc1S. The van der Waals surface area contributed by atoms with Crippen molar-refractivity contribution in [3.63, 3.8) is 0 Å². The third kappa shape index (κ3) is 4.80. The van der Waals surface area contributed by atoms with Gasteiger partial charge in [0.1, 0.15) is 6.10 Å². The summed E-state index contributed by atoms with van der Waals surface area (Å²) in [6, 6.07) is 12.1. The van der Waals surface area contributed by atoms with E-state index in [2.05, 4.69) is 17.9 Å². The maximum atomic E-state index is 12.4. The fourth-order valence-electron chi connectivity index (χ4n) is 3.72. The molecule has 2 fully saturated rings. The number of carbonyl (C=O) groups is 3. The molecular formula is C22H22ClN3O4S. The van der Waals surface area contributed by atoms with E-state index in [4.69, 9.17) is 16.3 Å². The van der Waals surface area contributed by atoms with Crippen LogP contribution in [0.1, 0.15) is 29.6 Å². The van der Waals surface area contributed by atoms with Crippen LogP contribution in [0.5, 0.6) is 0 Å². The Labute approximate surface area is 190 Å². The van der Waals surface area contributed by atoms with Gasteiger partial charge in [-0.05, 0) is 55.3 Å². The van der Waals surface area contributed by atoms with Crippen molar-refractivity contribution in [2.24, 2.45) is 0 Å². The molecule has 0 bridgehead atoms. The summed E-state index contributed by atoms with van der Waals surface area (Å²) < 4.78 is 5.39. The Hall–Kier alpha value is -2.71. The molecule has 2 aromatic rings. The van der Waals surface area contributed by atoms with Crippen LogP contribution in [0.3, 0.4) is 0 Å². The van der Waals surface area contributed by atoms with E-state index in [0.717, 1.165) is 18.5 Å². The summed E-state index contributed by atoms with van der Waals surface area (Å²) in [5.41, 5.74) is 1.87. The molecule has 0 spiro atoms. The molecule has 2 aliphatic heterocycles. The monoisotopic (exact) mass is 459 g/mol. The molecule has 31 heavy (non-hydrogen) atoms. The van der Waals surface area contributed by atoms with Crippen LogP contribution in [-0.4, -0.2) is 43.6 Å². The quantitative estimate of drug-likeness (QED) is 0.664. The molecule has 0 aromatic heterocycles. The molecule has 2 saturated heterocycles. The number of halogens is 1. The zero-order chi connectivity index (χ0) is 22.0. The lowest BCUT2D eigenvalue weighted by Gasteiger charge is -2.27. The predicted octanol–water partition coefficient (Wildman–Crippen LogP) is 3.90. The molecule has 0 unspecified atom stereocenters. The number of carbonyl (C=O) groups excluding carboxylic acids is 3. The Kier molecular flexibility index (Phi) is 6.38. The number of cyclic esters (lactones) is 1. The molecule has 9 heteroatoms. The van der Waals surface area contributed by atoms with Crippen molar-refractivity contribution in [2.45, 2.75) is 30.3 Å². The first kappa shape index (κ1) is 21.5. The zero-order valence-corrected chi connectivity index (χ0v) is 18.4. The van der Waals surface area contributed by atoms with Crippen LogP contribution < -0.4 is 15.1 Å². The molecule has 4 rings (SSSR count). The van der Waals surface area contributed by atoms with E-state index in [1.165, 1.54) is 4.90 Å². The lowest BCUT2D eigenvalue weighted by atomic mass is 10.1. The normalized spacial score (nSPS) is 18.8. The summed E-state index contributed by atoms with van der Waals surface area (Å²) in [6.45, 7) is 1.19. The van der Waals surface area contributed by atoms with Crippen LogP contribution in [0, 0.1) is 0 Å². The summed E-state index contributed by atoms with van der Waals surface area (Å²) >= 11 is 10.2. The van der Waals surface area contributed by atoms with E-state index in [1.807, 2.05) is 12.1 Å². The number of ether oxygens (including phenoxy) is 1. The summed E-state index contributed by atoms with van der Waals surface area (Å²) in [4.78, 5) is 40.7. The molecule has 162 valence electrons. The first-order valence-corrected chi connectivity index (χ1v) is 10.9. The molecule has 1 atom stereocenters. The van der Waals surface area contributed by atoms with Crippen molar-refractivity contribution in [1.82, 2.24) is 5.32 Å². The lowest BCUT2D eigenvalue weighted by Crippen LogP contribution is -2.35. The maximum absolute atomic E-state index is 12.4. The average Bonchev–Trinajstić information content (AvgIpc) is 3.15. The number of rotatable bonds is 5. The zero-order valence-electron chi connectivity index (χ0n) is 16.7. The molecule has 1 N–H and O–H groups in total. The van der Waals surface area contributed by atoms with Gasteiger partial charge in [0.15, 0.2) is 0 Å². The van der Waals surface area contributed by atoms with Crippen LogP contribution >= 0.6 is 24.2 Å². The van der Waals surface area contributed by atoms with Crippen molar-refractivity contribution in [2.75, 3.05) is 29.4 Å². The van der Waals surface area contributed by atoms with Crippen molar-refractivity contribution >= 4 is 53.5 Å². The number of amides is 3. The Balaban J connectivity index is 1.36. The minimum absolute atomic E-state index is 0.125. The van der Waals surface area contributed by atoms with Crippen molar-refractivity contribution < 1.29 is 19.1 Å². The molecule has 3 amide bonds. The highest BCUT2D eigenvalue weighted by Gasteiger charge is 2.33. The van der Waals surface area contributed by atoms with Gasteiger partial charge >= 0.3 is 6.09 Å². The fraction of sp³-hybridized carbons (Fsp3) is 0.318. The molecule has 2 heterocycles. The van der Waals surface area contributed by atoms with Gasteiger partial charge in [0.05, 0.1) is 18.7 Å². The molecule has 0 saturated carbocycles. The van der Waals surface area contributed by atoms with E-state index in [9.17, 15) is 14.4 Å². The second-order valence-electron chi connectivity index (χ2n) is 7.51. The Morgan fingerprint density at radius 2 is 1.81 bits per heavy atom. The van der Waals surface area contributed by atoms with Gasteiger partial charge in [0.2, 0.25) is 5.91 Å². The first-order chi connectivity index (χ1) is 14.9. The largest absolute Gasteiger partial charge is 0.442 e. The van der Waals surface area contributed by atoms with E-state index in [1.54, 1.807) is 35.2 Å². The highest BCUT2D eigenvalue weighted by molar-refractivity contribution is 7.80. The van der Waals surface area contributed by atoms with Gasteiger partial charge < -0.3 is 15.0 Å². The Morgan fingerprint density at radius 1 is 1.10 bits per heavy atom. The van der Waals surface area contributed by atoms with Crippen LogP contribution in [0.4, 0.5) is 16.2 Å². The lowest BCUT2D eigenvalue weighted by molar-refractivity contribution is -0.119. The minimum atomic E-state index is -0.484. The maximum Gasteiger partial charge on any atom is 0.414 e. The van der Waals surface area contributed by atoms with E-state index in [0.29, 0.717) is 40.7 Å². The van der Waals surface area contributed by atoms with Crippen molar-refractivity contribution in [1.29, 1.82) is 0 Å². The Morgan fingerprint density at radius 3 is 2.52 bits per heavy atom. The Bertz CT molecular complexity index is 1010. The van der Waals surface area contributed by atoms with Gasteiger partial charge in [-0.2, -0.15) is 0 Å². The number of benzene rings is 2. The van der Waals surface area contributed by atoms with Gasteiger partial charge in [0, 0.05) is 34.3 Å². The fourth-order valence-corrected chi connectivity index (χ4v) is 4.13. The van der Waals surface area contributed by atoms with Gasteiger partial charge in [0.25, 0.3) is 5.91 Å². The van der Waals surface area contributed by atoms with Crippen molar-refractivity contribution in [3.05, 3.63) is 53.1 Å². The second-order valence-corrected chi connectivity index (χ2v) is 8.42. The number of nitrogens with zero attached hydrogens (tertiary/aromatic N) is 2. The van der Waals surface area contributed by atoms with Crippen LogP contribution in [0.15, 0.2) is 47.4 Å². The minimum Gasteiger partial charge on any atom is -0.442 e. The van der Waals surface area contributed by atoms with Crippen LogP contribution in [0.25, 0.3) is 0 Å².